The van der Waals surface area contributed by atoms with E-state index >= 15 is 0 Å². The third-order valence-corrected chi connectivity index (χ3v) is 3.30. The third-order valence-electron chi connectivity index (χ3n) is 3.30. The maximum Gasteiger partial charge on any atom is 0.407 e. The average molecular weight is 328 g/mol. The van der Waals surface area contributed by atoms with Crippen LogP contribution >= 0.6 is 0 Å². The van der Waals surface area contributed by atoms with Crippen molar-refractivity contribution < 1.29 is 23.1 Å². The Morgan fingerprint density at radius 2 is 1.78 bits per heavy atom. The maximum absolute atomic E-state index is 13.3. The molecule has 0 saturated carbocycles. The Morgan fingerprint density at radius 1 is 1.13 bits per heavy atom. The van der Waals surface area contributed by atoms with E-state index in [-0.39, 0.29) is 12.5 Å². The molecular weight excluding hydrogens is 306 g/mol. The standard InChI is InChI=1S/C16H22F2N2O3/c1-5-23-16(22)20-14(9(2)3)15(21)19-10(4)11-6-7-12(17)13(18)8-11/h6-10,14H,5H2,1-4H3,(H,19,21)(H,20,22). The first kappa shape index (κ1) is 18.9. The molecular formula is C16H22F2N2O3. The van der Waals surface area contributed by atoms with Gasteiger partial charge in [-0.1, -0.05) is 19.9 Å². The first-order chi connectivity index (χ1) is 10.8. The predicted octanol–water partition coefficient (Wildman–Crippen LogP) is 2.91. The fraction of sp³-hybridized carbons (Fsp3) is 0.500. The minimum Gasteiger partial charge on any atom is -0.450 e. The summed E-state index contributed by atoms with van der Waals surface area (Å²) in [7, 11) is 0. The van der Waals surface area contributed by atoms with Crippen LogP contribution in [0.5, 0.6) is 0 Å². The first-order valence-corrected chi connectivity index (χ1v) is 7.44. The van der Waals surface area contributed by atoms with Crippen molar-refractivity contribution in [3.8, 4) is 0 Å². The molecule has 2 unspecified atom stereocenters. The number of halogens is 2. The van der Waals surface area contributed by atoms with Gasteiger partial charge < -0.3 is 15.4 Å². The summed E-state index contributed by atoms with van der Waals surface area (Å²) < 4.78 is 31.0. The third kappa shape index (κ3) is 5.50. The van der Waals surface area contributed by atoms with Crippen LogP contribution in [-0.2, 0) is 9.53 Å². The second-order valence-electron chi connectivity index (χ2n) is 5.49. The summed E-state index contributed by atoms with van der Waals surface area (Å²) in [4.78, 5) is 23.8. The molecule has 0 bridgehead atoms. The molecule has 0 aliphatic rings. The van der Waals surface area contributed by atoms with E-state index < -0.39 is 35.7 Å². The van der Waals surface area contributed by atoms with Crippen LogP contribution in [0.25, 0.3) is 0 Å². The largest absolute Gasteiger partial charge is 0.450 e. The highest BCUT2D eigenvalue weighted by atomic mass is 19.2. The number of alkyl carbamates (subject to hydrolysis) is 1. The first-order valence-electron chi connectivity index (χ1n) is 7.44. The van der Waals surface area contributed by atoms with Crippen molar-refractivity contribution in [1.82, 2.24) is 10.6 Å². The number of ether oxygens (including phenoxy) is 1. The van der Waals surface area contributed by atoms with Crippen LogP contribution in [0.15, 0.2) is 18.2 Å². The minimum absolute atomic E-state index is 0.170. The van der Waals surface area contributed by atoms with E-state index in [4.69, 9.17) is 4.74 Å². The number of hydrogen-bond acceptors (Lipinski definition) is 3. The van der Waals surface area contributed by atoms with E-state index in [1.54, 1.807) is 27.7 Å². The second-order valence-corrected chi connectivity index (χ2v) is 5.49. The van der Waals surface area contributed by atoms with Crippen molar-refractivity contribution in [1.29, 1.82) is 0 Å². The summed E-state index contributed by atoms with van der Waals surface area (Å²) >= 11 is 0. The molecule has 0 radical (unpaired) electrons. The highest BCUT2D eigenvalue weighted by molar-refractivity contribution is 5.86. The number of amides is 2. The topological polar surface area (TPSA) is 67.4 Å². The summed E-state index contributed by atoms with van der Waals surface area (Å²) in [5.41, 5.74) is 0.427. The Labute approximate surface area is 134 Å². The summed E-state index contributed by atoms with van der Waals surface area (Å²) in [6.07, 6.45) is -0.679. The van der Waals surface area contributed by atoms with Gasteiger partial charge in [0.1, 0.15) is 6.04 Å². The van der Waals surface area contributed by atoms with Crippen molar-refractivity contribution in [3.05, 3.63) is 35.4 Å². The molecule has 128 valence electrons. The molecule has 0 aliphatic heterocycles. The molecule has 0 spiro atoms. The van der Waals surface area contributed by atoms with Crippen molar-refractivity contribution in [2.45, 2.75) is 39.8 Å². The van der Waals surface area contributed by atoms with E-state index in [1.807, 2.05) is 0 Å². The predicted molar refractivity (Wildman–Crippen MR) is 81.7 cm³/mol. The van der Waals surface area contributed by atoms with E-state index in [0.29, 0.717) is 5.56 Å². The molecule has 23 heavy (non-hydrogen) atoms. The molecule has 0 heterocycles. The Kier molecular flexibility index (Phi) is 6.93. The van der Waals surface area contributed by atoms with Gasteiger partial charge in [-0.3, -0.25) is 4.79 Å². The van der Waals surface area contributed by atoms with Crippen molar-refractivity contribution in [2.24, 2.45) is 5.92 Å². The van der Waals surface area contributed by atoms with Gasteiger partial charge in [0.05, 0.1) is 12.6 Å². The van der Waals surface area contributed by atoms with Gasteiger partial charge in [0, 0.05) is 0 Å². The lowest BCUT2D eigenvalue weighted by Gasteiger charge is -2.24. The van der Waals surface area contributed by atoms with Gasteiger partial charge in [0.2, 0.25) is 5.91 Å². The molecule has 0 aromatic heterocycles. The number of nitrogens with one attached hydrogen (secondary N) is 2. The van der Waals surface area contributed by atoms with Gasteiger partial charge in [-0.15, -0.1) is 0 Å². The summed E-state index contributed by atoms with van der Waals surface area (Å²) in [5.74, 6) is -2.52. The van der Waals surface area contributed by atoms with Crippen LogP contribution in [0, 0.1) is 17.6 Å². The second kappa shape index (κ2) is 8.45. The summed E-state index contributed by atoms with van der Waals surface area (Å²) in [6.45, 7) is 7.06. The molecule has 2 amide bonds. The van der Waals surface area contributed by atoms with Gasteiger partial charge >= 0.3 is 6.09 Å². The lowest BCUT2D eigenvalue weighted by atomic mass is 10.0. The van der Waals surface area contributed by atoms with Gasteiger partial charge in [-0.2, -0.15) is 0 Å². The fourth-order valence-electron chi connectivity index (χ4n) is 2.00. The summed E-state index contributed by atoms with van der Waals surface area (Å²) in [5, 5.41) is 5.16. The molecule has 2 atom stereocenters. The smallest absolute Gasteiger partial charge is 0.407 e. The van der Waals surface area contributed by atoms with Crippen LogP contribution in [0.2, 0.25) is 0 Å². The molecule has 5 nitrogen and oxygen atoms in total. The van der Waals surface area contributed by atoms with Crippen molar-refractivity contribution >= 4 is 12.0 Å². The average Bonchev–Trinajstić information content (AvgIpc) is 2.47. The zero-order valence-corrected chi connectivity index (χ0v) is 13.7. The van der Waals surface area contributed by atoms with Crippen molar-refractivity contribution in [2.75, 3.05) is 6.61 Å². The lowest BCUT2D eigenvalue weighted by Crippen LogP contribution is -2.50. The molecule has 0 saturated heterocycles. The normalized spacial score (nSPS) is 13.3. The molecule has 0 aliphatic carbocycles. The number of hydrogen-bond donors (Lipinski definition) is 2. The van der Waals surface area contributed by atoms with Crippen molar-refractivity contribution in [3.63, 3.8) is 0 Å². The SMILES string of the molecule is CCOC(=O)NC(C(=O)NC(C)c1ccc(F)c(F)c1)C(C)C. The molecule has 1 aromatic rings. The van der Waals surface area contributed by atoms with Crippen LogP contribution in [0.4, 0.5) is 13.6 Å². The quantitative estimate of drug-likeness (QED) is 0.844. The minimum atomic E-state index is -0.978. The van der Waals surface area contributed by atoms with Gasteiger partial charge in [0.15, 0.2) is 11.6 Å². The number of rotatable bonds is 6. The lowest BCUT2D eigenvalue weighted by molar-refractivity contribution is -0.124. The molecule has 0 fully saturated rings. The molecule has 1 aromatic carbocycles. The number of carbonyl (C=O) groups excluding carboxylic acids is 2. The molecule has 2 N–H and O–H groups in total. The maximum atomic E-state index is 13.3. The van der Waals surface area contributed by atoms with Crippen LogP contribution < -0.4 is 10.6 Å². The Balaban J connectivity index is 2.77. The zero-order chi connectivity index (χ0) is 17.6. The van der Waals surface area contributed by atoms with Crippen LogP contribution in [0.3, 0.4) is 0 Å². The van der Waals surface area contributed by atoms with Crippen LogP contribution in [0.1, 0.15) is 39.3 Å². The Bertz CT molecular complexity index is 564. The zero-order valence-electron chi connectivity index (χ0n) is 13.7. The molecule has 1 rings (SSSR count). The monoisotopic (exact) mass is 328 g/mol. The number of benzene rings is 1. The number of carbonyl (C=O) groups is 2. The van der Waals surface area contributed by atoms with Crippen LogP contribution in [-0.4, -0.2) is 24.6 Å². The van der Waals surface area contributed by atoms with Gasteiger partial charge in [-0.05, 0) is 37.5 Å². The molecule has 7 heteroatoms. The Morgan fingerprint density at radius 3 is 2.30 bits per heavy atom. The highest BCUT2D eigenvalue weighted by Crippen LogP contribution is 2.16. The van der Waals surface area contributed by atoms with Gasteiger partial charge in [0.25, 0.3) is 0 Å². The summed E-state index contributed by atoms with van der Waals surface area (Å²) in [6, 6.07) is 2.10. The van der Waals surface area contributed by atoms with E-state index in [0.717, 1.165) is 12.1 Å². The van der Waals surface area contributed by atoms with E-state index in [2.05, 4.69) is 10.6 Å². The highest BCUT2D eigenvalue weighted by Gasteiger charge is 2.26. The van der Waals surface area contributed by atoms with E-state index in [1.165, 1.54) is 6.07 Å². The van der Waals surface area contributed by atoms with Gasteiger partial charge in [-0.25, -0.2) is 13.6 Å². The Hall–Kier alpha value is -2.18. The fourth-order valence-corrected chi connectivity index (χ4v) is 2.00. The van der Waals surface area contributed by atoms with E-state index in [9.17, 15) is 18.4 Å².